The molecular weight excluding hydrogens is 353 g/mol. The summed E-state index contributed by atoms with van der Waals surface area (Å²) in [5.74, 6) is -0.222. The van der Waals surface area contributed by atoms with Gasteiger partial charge in [-0.1, -0.05) is 53.2 Å². The normalized spacial score (nSPS) is 11.9. The van der Waals surface area contributed by atoms with Crippen molar-refractivity contribution in [1.82, 2.24) is 0 Å². The van der Waals surface area contributed by atoms with Gasteiger partial charge in [0.2, 0.25) is 0 Å². The van der Waals surface area contributed by atoms with Gasteiger partial charge in [-0.25, -0.2) is 9.38 Å². The summed E-state index contributed by atoms with van der Waals surface area (Å²) in [7, 11) is 0. The molecular formula is C24H22FNS. The van der Waals surface area contributed by atoms with Crippen LogP contribution >= 0.6 is 11.8 Å². The number of allylic oxidation sites excluding steroid dienone is 1. The molecule has 0 aliphatic rings. The SMILES string of the molecule is Cc1ccc(N=C(C=CSc2ccc(F)cc2)c2ccc(C)cc2C)cc1. The van der Waals surface area contributed by atoms with Crippen molar-refractivity contribution in [3.05, 3.63) is 106 Å². The van der Waals surface area contributed by atoms with Crippen LogP contribution in [-0.2, 0) is 0 Å². The summed E-state index contributed by atoms with van der Waals surface area (Å²) in [6, 6.07) is 21.1. The molecule has 0 aliphatic heterocycles. The van der Waals surface area contributed by atoms with Crippen LogP contribution in [0.25, 0.3) is 0 Å². The van der Waals surface area contributed by atoms with E-state index in [9.17, 15) is 4.39 Å². The van der Waals surface area contributed by atoms with Crippen LogP contribution in [0.1, 0.15) is 22.3 Å². The number of hydrogen-bond acceptors (Lipinski definition) is 2. The third-order valence-electron chi connectivity index (χ3n) is 4.19. The summed E-state index contributed by atoms with van der Waals surface area (Å²) < 4.78 is 13.1. The molecule has 3 aromatic rings. The Balaban J connectivity index is 1.92. The average Bonchev–Trinajstić information content (AvgIpc) is 2.64. The van der Waals surface area contributed by atoms with Crippen LogP contribution in [0.3, 0.4) is 0 Å². The first-order valence-electron chi connectivity index (χ1n) is 8.83. The first-order valence-corrected chi connectivity index (χ1v) is 9.71. The molecule has 3 heteroatoms. The highest BCUT2D eigenvalue weighted by molar-refractivity contribution is 8.02. The smallest absolute Gasteiger partial charge is 0.123 e. The lowest BCUT2D eigenvalue weighted by molar-refractivity contribution is 0.626. The summed E-state index contributed by atoms with van der Waals surface area (Å²) in [5, 5.41) is 2.00. The van der Waals surface area contributed by atoms with E-state index in [4.69, 9.17) is 4.99 Å². The largest absolute Gasteiger partial charge is 0.248 e. The maximum Gasteiger partial charge on any atom is 0.123 e. The van der Waals surface area contributed by atoms with E-state index >= 15 is 0 Å². The van der Waals surface area contributed by atoms with E-state index in [2.05, 4.69) is 51.1 Å². The molecule has 3 rings (SSSR count). The fraction of sp³-hybridized carbons (Fsp3) is 0.125. The van der Waals surface area contributed by atoms with Gasteiger partial charge in [0.15, 0.2) is 0 Å². The second-order valence-corrected chi connectivity index (χ2v) is 7.50. The van der Waals surface area contributed by atoms with Gasteiger partial charge in [0.05, 0.1) is 11.4 Å². The van der Waals surface area contributed by atoms with Crippen LogP contribution in [0, 0.1) is 26.6 Å². The van der Waals surface area contributed by atoms with Gasteiger partial charge in [0, 0.05) is 10.5 Å². The maximum atomic E-state index is 13.1. The van der Waals surface area contributed by atoms with Crippen LogP contribution in [0.4, 0.5) is 10.1 Å². The Morgan fingerprint density at radius 1 is 0.852 bits per heavy atom. The first-order chi connectivity index (χ1) is 13.0. The molecule has 0 bridgehead atoms. The third kappa shape index (κ3) is 5.41. The molecule has 0 spiro atoms. The maximum absolute atomic E-state index is 13.1. The van der Waals surface area contributed by atoms with Crippen molar-refractivity contribution >= 4 is 23.2 Å². The highest BCUT2D eigenvalue weighted by Gasteiger charge is 2.05. The lowest BCUT2D eigenvalue weighted by atomic mass is 10.0. The van der Waals surface area contributed by atoms with Gasteiger partial charge in [0.25, 0.3) is 0 Å². The number of halogens is 1. The Morgan fingerprint density at radius 2 is 1.52 bits per heavy atom. The van der Waals surface area contributed by atoms with E-state index in [1.54, 1.807) is 23.9 Å². The van der Waals surface area contributed by atoms with Crippen molar-refractivity contribution in [3.63, 3.8) is 0 Å². The Hall–Kier alpha value is -2.65. The van der Waals surface area contributed by atoms with E-state index in [0.29, 0.717) is 0 Å². The molecule has 0 saturated carbocycles. The Morgan fingerprint density at radius 3 is 2.19 bits per heavy atom. The molecule has 136 valence electrons. The van der Waals surface area contributed by atoms with E-state index in [-0.39, 0.29) is 5.82 Å². The molecule has 0 atom stereocenters. The predicted molar refractivity (Wildman–Crippen MR) is 115 cm³/mol. The lowest BCUT2D eigenvalue weighted by Crippen LogP contribution is -2.00. The van der Waals surface area contributed by atoms with Crippen molar-refractivity contribution in [2.24, 2.45) is 4.99 Å². The molecule has 0 aliphatic carbocycles. The van der Waals surface area contributed by atoms with Crippen molar-refractivity contribution in [2.45, 2.75) is 25.7 Å². The van der Waals surface area contributed by atoms with Gasteiger partial charge in [-0.05, 0) is 74.2 Å². The molecule has 0 N–H and O–H groups in total. The topological polar surface area (TPSA) is 12.4 Å². The van der Waals surface area contributed by atoms with Crippen molar-refractivity contribution < 1.29 is 4.39 Å². The van der Waals surface area contributed by atoms with Crippen LogP contribution < -0.4 is 0 Å². The number of hydrogen-bond donors (Lipinski definition) is 0. The molecule has 3 aromatic carbocycles. The number of thioether (sulfide) groups is 1. The van der Waals surface area contributed by atoms with Crippen LogP contribution in [0.2, 0.25) is 0 Å². The number of benzene rings is 3. The van der Waals surface area contributed by atoms with Crippen LogP contribution in [-0.4, -0.2) is 5.71 Å². The average molecular weight is 376 g/mol. The number of rotatable bonds is 5. The zero-order valence-corrected chi connectivity index (χ0v) is 16.6. The van der Waals surface area contributed by atoms with Gasteiger partial charge in [0.1, 0.15) is 5.82 Å². The third-order valence-corrected chi connectivity index (χ3v) is 5.00. The highest BCUT2D eigenvalue weighted by atomic mass is 32.2. The lowest BCUT2D eigenvalue weighted by Gasteiger charge is -2.08. The summed E-state index contributed by atoms with van der Waals surface area (Å²) in [6.07, 6.45) is 2.02. The summed E-state index contributed by atoms with van der Waals surface area (Å²) >= 11 is 1.55. The fourth-order valence-corrected chi connectivity index (χ4v) is 3.38. The summed E-state index contributed by atoms with van der Waals surface area (Å²) in [6.45, 7) is 6.26. The molecule has 0 heterocycles. The Labute approximate surface area is 164 Å². The molecule has 0 amide bonds. The predicted octanol–water partition coefficient (Wildman–Crippen LogP) is 7.18. The molecule has 0 radical (unpaired) electrons. The van der Waals surface area contributed by atoms with E-state index in [1.807, 2.05) is 23.6 Å². The number of aryl methyl sites for hydroxylation is 3. The first kappa shape index (κ1) is 19.1. The van der Waals surface area contributed by atoms with E-state index in [1.165, 1.54) is 28.8 Å². The summed E-state index contributed by atoms with van der Waals surface area (Å²) in [5.41, 5.74) is 6.58. The molecule has 0 unspecified atom stereocenters. The van der Waals surface area contributed by atoms with Crippen LogP contribution in [0.5, 0.6) is 0 Å². The van der Waals surface area contributed by atoms with Crippen molar-refractivity contribution in [2.75, 3.05) is 0 Å². The minimum absolute atomic E-state index is 0.222. The Kier molecular flexibility index (Phi) is 6.25. The monoisotopic (exact) mass is 375 g/mol. The summed E-state index contributed by atoms with van der Waals surface area (Å²) in [4.78, 5) is 5.85. The van der Waals surface area contributed by atoms with Gasteiger partial charge in [-0.15, -0.1) is 0 Å². The van der Waals surface area contributed by atoms with E-state index in [0.717, 1.165) is 21.9 Å². The quantitative estimate of drug-likeness (QED) is 0.340. The second kappa shape index (κ2) is 8.83. The fourth-order valence-electron chi connectivity index (χ4n) is 2.74. The number of nitrogens with zero attached hydrogens (tertiary/aromatic N) is 1. The van der Waals surface area contributed by atoms with Gasteiger partial charge >= 0.3 is 0 Å². The number of aliphatic imine (C=N–C) groups is 1. The minimum Gasteiger partial charge on any atom is -0.248 e. The van der Waals surface area contributed by atoms with Gasteiger partial charge < -0.3 is 0 Å². The second-order valence-electron chi connectivity index (χ2n) is 6.53. The molecule has 0 saturated heterocycles. The molecule has 0 aromatic heterocycles. The molecule has 1 nitrogen and oxygen atoms in total. The molecule has 0 fully saturated rings. The zero-order valence-electron chi connectivity index (χ0n) is 15.7. The standard InChI is InChI=1S/C24H22FNS/c1-17-4-9-21(10-5-17)26-24(23-13-6-18(2)16-19(23)3)14-15-27-22-11-7-20(25)8-12-22/h4-16H,1-3H3. The van der Waals surface area contributed by atoms with Gasteiger partial charge in [-0.3, -0.25) is 0 Å². The van der Waals surface area contributed by atoms with Crippen molar-refractivity contribution in [1.29, 1.82) is 0 Å². The van der Waals surface area contributed by atoms with Crippen molar-refractivity contribution in [3.8, 4) is 0 Å². The van der Waals surface area contributed by atoms with E-state index < -0.39 is 0 Å². The van der Waals surface area contributed by atoms with Crippen LogP contribution in [0.15, 0.2) is 88.1 Å². The molecule has 27 heavy (non-hydrogen) atoms. The zero-order chi connectivity index (χ0) is 19.2. The van der Waals surface area contributed by atoms with Gasteiger partial charge in [-0.2, -0.15) is 0 Å². The Bertz CT molecular complexity index is 970. The highest BCUT2D eigenvalue weighted by Crippen LogP contribution is 2.22. The minimum atomic E-state index is -0.222.